The number of hydrogen-bond donors (Lipinski definition) is 0. The Balaban J connectivity index is 2.12. The number of para-hydroxylation sites is 1. The topological polar surface area (TPSA) is 39.4 Å². The Morgan fingerprint density at radius 3 is 2.93 bits per heavy atom. The van der Waals surface area contributed by atoms with E-state index in [4.69, 9.17) is 4.42 Å². The predicted molar refractivity (Wildman–Crippen MR) is 56.6 cm³/mol. The van der Waals surface area contributed by atoms with E-state index in [1.54, 1.807) is 0 Å². The van der Waals surface area contributed by atoms with E-state index >= 15 is 0 Å². The Morgan fingerprint density at radius 2 is 2.20 bits per heavy atom. The first-order valence-corrected chi connectivity index (χ1v) is 4.84. The van der Waals surface area contributed by atoms with Gasteiger partial charge in [0.25, 0.3) is 0 Å². The quantitative estimate of drug-likeness (QED) is 0.721. The summed E-state index contributed by atoms with van der Waals surface area (Å²) in [5.41, 5.74) is 0.859. The fourth-order valence-electron chi connectivity index (χ4n) is 1.49. The van der Waals surface area contributed by atoms with Crippen molar-refractivity contribution in [2.75, 3.05) is 7.11 Å². The molecule has 3 nitrogen and oxygen atoms in total. The van der Waals surface area contributed by atoms with Crippen LogP contribution in [0, 0.1) is 0 Å². The molecule has 3 heteroatoms. The van der Waals surface area contributed by atoms with Crippen LogP contribution in [0.5, 0.6) is 0 Å². The summed E-state index contributed by atoms with van der Waals surface area (Å²) in [6, 6.07) is 9.74. The zero-order valence-electron chi connectivity index (χ0n) is 8.53. The average molecular weight is 204 g/mol. The summed E-state index contributed by atoms with van der Waals surface area (Å²) in [4.78, 5) is 10.9. The van der Waals surface area contributed by atoms with Gasteiger partial charge in [0.15, 0.2) is 0 Å². The summed E-state index contributed by atoms with van der Waals surface area (Å²) in [5.74, 6) is 0.608. The van der Waals surface area contributed by atoms with E-state index in [1.807, 2.05) is 30.3 Å². The third-order valence-electron chi connectivity index (χ3n) is 2.28. The number of carbonyl (C=O) groups excluding carboxylic acids is 1. The highest BCUT2D eigenvalue weighted by Gasteiger charge is 2.06. The van der Waals surface area contributed by atoms with E-state index in [0.29, 0.717) is 12.8 Å². The Bertz CT molecular complexity index is 437. The van der Waals surface area contributed by atoms with Gasteiger partial charge < -0.3 is 9.15 Å². The van der Waals surface area contributed by atoms with Crippen molar-refractivity contribution in [2.24, 2.45) is 0 Å². The molecule has 1 aromatic heterocycles. The first-order valence-electron chi connectivity index (χ1n) is 4.84. The van der Waals surface area contributed by atoms with E-state index in [0.717, 1.165) is 16.7 Å². The van der Waals surface area contributed by atoms with Gasteiger partial charge in [-0.25, -0.2) is 0 Å². The van der Waals surface area contributed by atoms with Gasteiger partial charge in [-0.1, -0.05) is 18.2 Å². The normalized spacial score (nSPS) is 10.5. The second kappa shape index (κ2) is 4.17. The summed E-state index contributed by atoms with van der Waals surface area (Å²) < 4.78 is 10.1. The van der Waals surface area contributed by atoms with E-state index < -0.39 is 0 Å². The minimum Gasteiger partial charge on any atom is -0.469 e. The van der Waals surface area contributed by atoms with Crippen LogP contribution < -0.4 is 0 Å². The molecule has 0 bridgehead atoms. The summed E-state index contributed by atoms with van der Waals surface area (Å²) in [6.07, 6.45) is 0.942. The van der Waals surface area contributed by atoms with Gasteiger partial charge in [0.1, 0.15) is 11.3 Å². The number of benzene rings is 1. The van der Waals surface area contributed by atoms with Crippen LogP contribution in [0.25, 0.3) is 11.0 Å². The van der Waals surface area contributed by atoms with Crippen molar-refractivity contribution in [1.82, 2.24) is 0 Å². The van der Waals surface area contributed by atoms with Gasteiger partial charge in [0.05, 0.1) is 13.5 Å². The number of furan rings is 1. The average Bonchev–Trinajstić information content (AvgIpc) is 2.68. The lowest BCUT2D eigenvalue weighted by atomic mass is 10.2. The third kappa shape index (κ3) is 2.18. The number of methoxy groups -OCH3 is 1. The van der Waals surface area contributed by atoms with Crippen LogP contribution in [0.2, 0.25) is 0 Å². The van der Waals surface area contributed by atoms with Crippen molar-refractivity contribution in [2.45, 2.75) is 12.8 Å². The van der Waals surface area contributed by atoms with Crippen molar-refractivity contribution in [3.05, 3.63) is 36.1 Å². The second-order valence-electron chi connectivity index (χ2n) is 3.33. The number of hydrogen-bond acceptors (Lipinski definition) is 3. The molecule has 0 N–H and O–H groups in total. The Morgan fingerprint density at radius 1 is 1.40 bits per heavy atom. The molecule has 0 atom stereocenters. The zero-order chi connectivity index (χ0) is 10.7. The molecule has 1 aromatic carbocycles. The maximum atomic E-state index is 10.9. The second-order valence-corrected chi connectivity index (χ2v) is 3.33. The molecule has 0 aliphatic rings. The van der Waals surface area contributed by atoms with Crippen molar-refractivity contribution in [1.29, 1.82) is 0 Å². The minimum atomic E-state index is -0.213. The van der Waals surface area contributed by atoms with Crippen LogP contribution in [0.4, 0.5) is 0 Å². The molecule has 2 aromatic rings. The maximum absolute atomic E-state index is 10.9. The van der Waals surface area contributed by atoms with Crippen LogP contribution >= 0.6 is 0 Å². The smallest absolute Gasteiger partial charge is 0.305 e. The molecule has 0 fully saturated rings. The van der Waals surface area contributed by atoms with E-state index in [9.17, 15) is 4.79 Å². The van der Waals surface area contributed by atoms with Gasteiger partial charge >= 0.3 is 5.97 Å². The van der Waals surface area contributed by atoms with E-state index in [-0.39, 0.29) is 5.97 Å². The molecule has 0 saturated heterocycles. The molecule has 0 saturated carbocycles. The molecule has 2 rings (SSSR count). The lowest BCUT2D eigenvalue weighted by Crippen LogP contribution is -2.01. The summed E-state index contributed by atoms with van der Waals surface area (Å²) in [6.45, 7) is 0. The number of rotatable bonds is 3. The number of carbonyl (C=O) groups is 1. The fourth-order valence-corrected chi connectivity index (χ4v) is 1.49. The Hall–Kier alpha value is -1.77. The minimum absolute atomic E-state index is 0.213. The summed E-state index contributed by atoms with van der Waals surface area (Å²) in [7, 11) is 1.39. The first kappa shape index (κ1) is 9.77. The molecule has 0 aliphatic heterocycles. The van der Waals surface area contributed by atoms with Crippen molar-refractivity contribution in [3.63, 3.8) is 0 Å². The lowest BCUT2D eigenvalue weighted by molar-refractivity contribution is -0.140. The van der Waals surface area contributed by atoms with Gasteiger partial charge in [0.2, 0.25) is 0 Å². The number of esters is 1. The molecule has 15 heavy (non-hydrogen) atoms. The first-order chi connectivity index (χ1) is 7.29. The van der Waals surface area contributed by atoms with Gasteiger partial charge in [-0.05, 0) is 12.1 Å². The highest BCUT2D eigenvalue weighted by atomic mass is 16.5. The highest BCUT2D eigenvalue weighted by molar-refractivity contribution is 5.78. The molecule has 78 valence electrons. The molecule has 0 radical (unpaired) electrons. The largest absolute Gasteiger partial charge is 0.469 e. The van der Waals surface area contributed by atoms with Gasteiger partial charge in [-0.3, -0.25) is 4.79 Å². The number of fused-ring (bicyclic) bond motifs is 1. The molecular formula is C12H12O3. The number of aryl methyl sites for hydroxylation is 1. The molecular weight excluding hydrogens is 192 g/mol. The van der Waals surface area contributed by atoms with Crippen LogP contribution in [0.1, 0.15) is 12.2 Å². The summed E-state index contributed by atoms with van der Waals surface area (Å²) >= 11 is 0. The maximum Gasteiger partial charge on any atom is 0.305 e. The van der Waals surface area contributed by atoms with Gasteiger partial charge in [0, 0.05) is 11.8 Å². The van der Waals surface area contributed by atoms with Crippen LogP contribution in [-0.4, -0.2) is 13.1 Å². The zero-order valence-corrected chi connectivity index (χ0v) is 8.53. The number of ether oxygens (including phenoxy) is 1. The SMILES string of the molecule is COC(=O)CCc1cc2ccccc2o1. The Labute approximate surface area is 87.6 Å². The van der Waals surface area contributed by atoms with Gasteiger partial charge in [-0.2, -0.15) is 0 Å². The third-order valence-corrected chi connectivity index (χ3v) is 2.28. The summed E-state index contributed by atoms with van der Waals surface area (Å²) in [5, 5.41) is 1.07. The lowest BCUT2D eigenvalue weighted by Gasteiger charge is -1.95. The highest BCUT2D eigenvalue weighted by Crippen LogP contribution is 2.19. The predicted octanol–water partition coefficient (Wildman–Crippen LogP) is 2.54. The fraction of sp³-hybridized carbons (Fsp3) is 0.250. The molecule has 0 aliphatic carbocycles. The van der Waals surface area contributed by atoms with E-state index in [1.165, 1.54) is 7.11 Å². The van der Waals surface area contributed by atoms with Crippen molar-refractivity contribution >= 4 is 16.9 Å². The molecule has 0 spiro atoms. The van der Waals surface area contributed by atoms with Crippen LogP contribution in [0.3, 0.4) is 0 Å². The molecule has 0 amide bonds. The standard InChI is InChI=1S/C12H12O3/c1-14-12(13)7-6-10-8-9-4-2-3-5-11(9)15-10/h2-5,8H,6-7H2,1H3. The van der Waals surface area contributed by atoms with Crippen molar-refractivity contribution < 1.29 is 13.9 Å². The van der Waals surface area contributed by atoms with Crippen LogP contribution in [0.15, 0.2) is 34.7 Å². The molecule has 0 unspecified atom stereocenters. The Kier molecular flexibility index (Phi) is 2.72. The van der Waals surface area contributed by atoms with Crippen molar-refractivity contribution in [3.8, 4) is 0 Å². The molecule has 1 heterocycles. The van der Waals surface area contributed by atoms with Gasteiger partial charge in [-0.15, -0.1) is 0 Å². The van der Waals surface area contributed by atoms with E-state index in [2.05, 4.69) is 4.74 Å². The van der Waals surface area contributed by atoms with Crippen LogP contribution in [-0.2, 0) is 16.0 Å². The monoisotopic (exact) mass is 204 g/mol.